The molecule has 0 nitrogen and oxygen atoms in total. The Hall–Kier alpha value is -1.13. The van der Waals surface area contributed by atoms with Gasteiger partial charge in [0.1, 0.15) is 0 Å². The topological polar surface area (TPSA) is 0 Å². The largest absolute Gasteiger partial charge is 0.0622 e. The van der Waals surface area contributed by atoms with Gasteiger partial charge in [-0.15, -0.1) is 0 Å². The summed E-state index contributed by atoms with van der Waals surface area (Å²) in [6.07, 6.45) is 0. The molecule has 0 N–H and O–H groups in total. The third-order valence-electron chi connectivity index (χ3n) is 1.84. The Morgan fingerprint density at radius 3 is 1.38 bits per heavy atom. The van der Waals surface area contributed by atoms with Crippen LogP contribution in [-0.2, 0) is 0 Å². The monoisotopic (exact) mass is 188 g/mol. The molecule has 2 aromatic carbocycles. The molecule has 13 heavy (non-hydrogen) atoms. The van der Waals surface area contributed by atoms with E-state index in [0.29, 0.717) is 0 Å². The van der Waals surface area contributed by atoms with Crippen molar-refractivity contribution in [3.63, 3.8) is 0 Å². The highest BCUT2D eigenvalue weighted by Gasteiger charge is 1.92. The van der Waals surface area contributed by atoms with Gasteiger partial charge in [-0.1, -0.05) is 69.2 Å². The maximum absolute atomic E-state index is 2.17. The summed E-state index contributed by atoms with van der Waals surface area (Å²) in [5.41, 5.74) is 0. The zero-order valence-electron chi connectivity index (χ0n) is 7.27. The van der Waals surface area contributed by atoms with Crippen LogP contribution in [0.2, 0.25) is 0 Å². The molecular weight excluding hydrogens is 175 g/mol. The van der Waals surface area contributed by atoms with Gasteiger partial charge in [-0.05, 0) is 10.6 Å². The summed E-state index contributed by atoms with van der Waals surface area (Å²) in [4.78, 5) is 0. The predicted octanol–water partition coefficient (Wildman–Crippen LogP) is 2.56. The standard InChI is InChI=1S/C12H11P.H2/c1-3-7-11(8-4-1)13-12-9-5-2-6-10-12;/h1-10,13H;1H. The van der Waals surface area contributed by atoms with Gasteiger partial charge in [0.15, 0.2) is 0 Å². The quantitative estimate of drug-likeness (QED) is 0.635. The summed E-state index contributed by atoms with van der Waals surface area (Å²) in [7, 11) is 0.777. The van der Waals surface area contributed by atoms with E-state index >= 15 is 0 Å². The van der Waals surface area contributed by atoms with E-state index in [2.05, 4.69) is 60.7 Å². The van der Waals surface area contributed by atoms with Gasteiger partial charge in [0.25, 0.3) is 0 Å². The Labute approximate surface area is 81.9 Å². The van der Waals surface area contributed by atoms with Gasteiger partial charge in [0.05, 0.1) is 0 Å². The molecule has 66 valence electrons. The lowest BCUT2D eigenvalue weighted by Crippen LogP contribution is -2.01. The fourth-order valence-electron chi connectivity index (χ4n) is 1.21. The van der Waals surface area contributed by atoms with Crippen LogP contribution in [0.1, 0.15) is 1.43 Å². The first-order valence-electron chi connectivity index (χ1n) is 4.32. The lowest BCUT2D eigenvalue weighted by molar-refractivity contribution is 1.76. The Morgan fingerprint density at radius 2 is 1.00 bits per heavy atom. The maximum Gasteiger partial charge on any atom is 0 e. The van der Waals surface area contributed by atoms with Crippen molar-refractivity contribution in [1.82, 2.24) is 0 Å². The molecule has 0 aliphatic carbocycles. The van der Waals surface area contributed by atoms with E-state index in [1.807, 2.05) is 0 Å². The van der Waals surface area contributed by atoms with Gasteiger partial charge < -0.3 is 0 Å². The molecule has 0 aliphatic rings. The van der Waals surface area contributed by atoms with Crippen molar-refractivity contribution in [2.24, 2.45) is 0 Å². The first-order valence-corrected chi connectivity index (χ1v) is 5.32. The number of benzene rings is 2. The van der Waals surface area contributed by atoms with E-state index in [0.717, 1.165) is 8.58 Å². The second-order valence-electron chi connectivity index (χ2n) is 2.86. The molecule has 2 aromatic rings. The lowest BCUT2D eigenvalue weighted by atomic mass is 10.4. The number of rotatable bonds is 2. The summed E-state index contributed by atoms with van der Waals surface area (Å²) in [5, 5.41) is 2.79. The van der Waals surface area contributed by atoms with Gasteiger partial charge >= 0.3 is 0 Å². The lowest BCUT2D eigenvalue weighted by Gasteiger charge is -2.00. The van der Waals surface area contributed by atoms with Gasteiger partial charge in [-0.25, -0.2) is 0 Å². The molecule has 0 saturated carbocycles. The minimum Gasteiger partial charge on any atom is -0.0622 e. The molecule has 0 fully saturated rings. The van der Waals surface area contributed by atoms with Gasteiger partial charge in [-0.2, -0.15) is 0 Å². The van der Waals surface area contributed by atoms with Crippen molar-refractivity contribution < 1.29 is 1.43 Å². The van der Waals surface area contributed by atoms with Crippen LogP contribution in [-0.4, -0.2) is 0 Å². The molecule has 0 unspecified atom stereocenters. The van der Waals surface area contributed by atoms with Crippen molar-refractivity contribution >= 4 is 19.2 Å². The highest BCUT2D eigenvalue weighted by atomic mass is 31.1. The Bertz CT molecular complexity index is 321. The minimum absolute atomic E-state index is 0. The molecule has 0 spiro atoms. The van der Waals surface area contributed by atoms with E-state index in [1.54, 1.807) is 0 Å². The summed E-state index contributed by atoms with van der Waals surface area (Å²) < 4.78 is 0. The highest BCUT2D eigenvalue weighted by molar-refractivity contribution is 7.55. The van der Waals surface area contributed by atoms with Crippen LogP contribution in [0.3, 0.4) is 0 Å². The number of hydrogen-bond donors (Lipinski definition) is 0. The molecule has 2 rings (SSSR count). The molecule has 0 atom stereocenters. The zero-order valence-corrected chi connectivity index (χ0v) is 8.27. The Balaban J connectivity index is 0.000000980. The molecule has 1 heteroatoms. The third-order valence-corrected chi connectivity index (χ3v) is 3.08. The molecule has 0 saturated heterocycles. The van der Waals surface area contributed by atoms with Crippen LogP contribution in [0.25, 0.3) is 0 Å². The van der Waals surface area contributed by atoms with Crippen LogP contribution in [0, 0.1) is 0 Å². The van der Waals surface area contributed by atoms with Crippen molar-refractivity contribution in [3.8, 4) is 0 Å². The van der Waals surface area contributed by atoms with Crippen LogP contribution < -0.4 is 10.6 Å². The fraction of sp³-hybridized carbons (Fsp3) is 0. The first kappa shape index (κ1) is 8.47. The Morgan fingerprint density at radius 1 is 0.615 bits per heavy atom. The van der Waals surface area contributed by atoms with Crippen molar-refractivity contribution in [2.45, 2.75) is 0 Å². The van der Waals surface area contributed by atoms with Gasteiger partial charge in [0, 0.05) is 1.43 Å². The smallest absolute Gasteiger partial charge is 0 e. The van der Waals surface area contributed by atoms with E-state index in [4.69, 9.17) is 0 Å². The molecule has 0 aliphatic heterocycles. The molecule has 0 aromatic heterocycles. The van der Waals surface area contributed by atoms with Crippen LogP contribution in [0.5, 0.6) is 0 Å². The predicted molar refractivity (Wildman–Crippen MR) is 62.6 cm³/mol. The molecule has 0 radical (unpaired) electrons. The van der Waals surface area contributed by atoms with Crippen LogP contribution >= 0.6 is 8.58 Å². The third kappa shape index (κ3) is 2.40. The second-order valence-corrected chi connectivity index (χ2v) is 4.26. The summed E-state index contributed by atoms with van der Waals surface area (Å²) in [6, 6.07) is 21.2. The highest BCUT2D eigenvalue weighted by Crippen LogP contribution is 2.08. The van der Waals surface area contributed by atoms with E-state index in [1.165, 1.54) is 10.6 Å². The van der Waals surface area contributed by atoms with E-state index < -0.39 is 0 Å². The van der Waals surface area contributed by atoms with Crippen molar-refractivity contribution in [3.05, 3.63) is 60.7 Å². The average Bonchev–Trinajstić information content (AvgIpc) is 2.21. The van der Waals surface area contributed by atoms with Gasteiger partial charge in [-0.3, -0.25) is 0 Å². The summed E-state index contributed by atoms with van der Waals surface area (Å²) in [6.45, 7) is 0. The molecular formula is C12H13P. The maximum atomic E-state index is 2.17. The van der Waals surface area contributed by atoms with Crippen molar-refractivity contribution in [1.29, 1.82) is 0 Å². The first-order chi connectivity index (χ1) is 6.45. The normalized spacial score (nSPS) is 9.85. The SMILES string of the molecule is [HH].c1ccc(Pc2ccccc2)cc1. The fourth-order valence-corrected chi connectivity index (χ4v) is 2.26. The van der Waals surface area contributed by atoms with Crippen LogP contribution in [0.15, 0.2) is 60.7 Å². The molecule has 0 amide bonds. The van der Waals surface area contributed by atoms with Gasteiger partial charge in [0.2, 0.25) is 0 Å². The molecule has 0 bridgehead atoms. The molecule has 0 heterocycles. The minimum atomic E-state index is 0. The average molecular weight is 188 g/mol. The van der Waals surface area contributed by atoms with E-state index in [-0.39, 0.29) is 1.43 Å². The van der Waals surface area contributed by atoms with E-state index in [9.17, 15) is 0 Å². The number of hydrogen-bond acceptors (Lipinski definition) is 0. The second kappa shape index (κ2) is 4.20. The Kier molecular flexibility index (Phi) is 2.74. The van der Waals surface area contributed by atoms with Crippen LogP contribution in [0.4, 0.5) is 0 Å². The zero-order chi connectivity index (χ0) is 8.93. The summed E-state index contributed by atoms with van der Waals surface area (Å²) in [5.74, 6) is 0. The van der Waals surface area contributed by atoms with Crippen molar-refractivity contribution in [2.75, 3.05) is 0 Å². The summed E-state index contributed by atoms with van der Waals surface area (Å²) >= 11 is 0.